The maximum absolute atomic E-state index is 12.9. The fraction of sp³-hybridized carbons (Fsp3) is 0.619. The van der Waals surface area contributed by atoms with Gasteiger partial charge >= 0.3 is 0 Å². The number of likely N-dealkylation sites (N-methyl/N-ethyl adjacent to an activating group) is 1. The van der Waals surface area contributed by atoms with E-state index in [1.807, 2.05) is 45.9 Å². The van der Waals surface area contributed by atoms with E-state index in [1.54, 1.807) is 16.8 Å². The van der Waals surface area contributed by atoms with E-state index in [-0.39, 0.29) is 48.5 Å². The third-order valence-corrected chi connectivity index (χ3v) is 7.40. The molecule has 0 aromatic heterocycles. The van der Waals surface area contributed by atoms with E-state index >= 15 is 0 Å². The molecular weight excluding hydrogens is 390 g/mol. The largest absolute Gasteiger partial charge is 0.335 e. The van der Waals surface area contributed by atoms with Crippen LogP contribution in [0.1, 0.15) is 37.8 Å². The molecule has 0 saturated carbocycles. The van der Waals surface area contributed by atoms with Crippen LogP contribution in [0.3, 0.4) is 0 Å². The van der Waals surface area contributed by atoms with Gasteiger partial charge in [0.05, 0.1) is 24.6 Å². The number of amides is 2. The van der Waals surface area contributed by atoms with Gasteiger partial charge in [-0.05, 0) is 57.9 Å². The van der Waals surface area contributed by atoms with Gasteiger partial charge in [-0.3, -0.25) is 14.5 Å². The van der Waals surface area contributed by atoms with E-state index in [2.05, 4.69) is 5.32 Å². The normalized spacial score (nSPS) is 19.2. The van der Waals surface area contributed by atoms with E-state index in [4.69, 9.17) is 0 Å². The van der Waals surface area contributed by atoms with E-state index in [1.165, 1.54) is 0 Å². The van der Waals surface area contributed by atoms with Crippen LogP contribution in [0.4, 0.5) is 5.69 Å². The summed E-state index contributed by atoms with van der Waals surface area (Å²) in [6, 6.07) is 5.42. The zero-order valence-corrected chi connectivity index (χ0v) is 18.9. The highest BCUT2D eigenvalue weighted by Crippen LogP contribution is 2.22. The quantitative estimate of drug-likeness (QED) is 0.691. The number of sulfone groups is 1. The topological polar surface area (TPSA) is 86.8 Å². The molecule has 162 valence electrons. The standard InChI is InChI=1S/C21H33N3O4S/c1-6-16(3)24(18-10-11-29(27,28)14-18)21(26)13-23(5)12-20(25)22-19-9-7-8-15(2)17(19)4/h7-9,16,18H,6,10-14H2,1-5H3,(H,22,25)/t16-,18+/m0/s1. The molecule has 1 N–H and O–H groups in total. The second-order valence-electron chi connectivity index (χ2n) is 8.08. The minimum atomic E-state index is -3.08. The van der Waals surface area contributed by atoms with Crippen molar-refractivity contribution in [1.29, 1.82) is 0 Å². The second kappa shape index (κ2) is 9.71. The number of nitrogens with one attached hydrogen (secondary N) is 1. The minimum absolute atomic E-state index is 0.0277. The Hall–Kier alpha value is -1.93. The Kier molecular flexibility index (Phi) is 7.82. The summed E-state index contributed by atoms with van der Waals surface area (Å²) in [6.45, 7) is 8.02. The van der Waals surface area contributed by atoms with Crippen molar-refractivity contribution >= 4 is 27.3 Å². The summed E-state index contributed by atoms with van der Waals surface area (Å²) in [7, 11) is -1.35. The third-order valence-electron chi connectivity index (χ3n) is 5.65. The average Bonchev–Trinajstić information content (AvgIpc) is 2.98. The molecule has 1 fully saturated rings. The number of aryl methyl sites for hydroxylation is 1. The van der Waals surface area contributed by atoms with Gasteiger partial charge in [0.1, 0.15) is 0 Å². The molecule has 1 aromatic carbocycles. The lowest BCUT2D eigenvalue weighted by Gasteiger charge is -2.35. The number of anilines is 1. The number of rotatable bonds is 8. The maximum atomic E-state index is 12.9. The van der Waals surface area contributed by atoms with Crippen LogP contribution < -0.4 is 5.32 Å². The molecule has 1 aromatic rings. The molecule has 0 unspecified atom stereocenters. The molecule has 0 radical (unpaired) electrons. The first-order valence-electron chi connectivity index (χ1n) is 10.1. The first-order chi connectivity index (χ1) is 13.5. The van der Waals surface area contributed by atoms with Crippen molar-refractivity contribution in [2.45, 2.75) is 52.6 Å². The Morgan fingerprint density at radius 2 is 1.93 bits per heavy atom. The van der Waals surface area contributed by atoms with Crippen LogP contribution >= 0.6 is 0 Å². The van der Waals surface area contributed by atoms with Crippen molar-refractivity contribution in [1.82, 2.24) is 9.80 Å². The Balaban J connectivity index is 1.98. The Labute approximate surface area is 174 Å². The summed E-state index contributed by atoms with van der Waals surface area (Å²) >= 11 is 0. The lowest BCUT2D eigenvalue weighted by Crippen LogP contribution is -2.50. The molecule has 2 rings (SSSR count). The van der Waals surface area contributed by atoms with Crippen LogP contribution in [0, 0.1) is 13.8 Å². The summed E-state index contributed by atoms with van der Waals surface area (Å²) < 4.78 is 23.7. The summed E-state index contributed by atoms with van der Waals surface area (Å²) in [4.78, 5) is 28.7. The van der Waals surface area contributed by atoms with Gasteiger partial charge in [0.2, 0.25) is 11.8 Å². The van der Waals surface area contributed by atoms with Gasteiger partial charge < -0.3 is 10.2 Å². The minimum Gasteiger partial charge on any atom is -0.335 e. The molecule has 0 spiro atoms. The zero-order valence-electron chi connectivity index (χ0n) is 18.1. The number of hydrogen-bond acceptors (Lipinski definition) is 5. The lowest BCUT2D eigenvalue weighted by molar-refractivity contribution is -0.136. The van der Waals surface area contributed by atoms with Crippen molar-refractivity contribution < 1.29 is 18.0 Å². The molecule has 0 bridgehead atoms. The number of benzene rings is 1. The molecule has 7 nitrogen and oxygen atoms in total. The zero-order chi connectivity index (χ0) is 21.8. The molecular formula is C21H33N3O4S. The van der Waals surface area contributed by atoms with Crippen molar-refractivity contribution in [2.24, 2.45) is 0 Å². The van der Waals surface area contributed by atoms with Crippen LogP contribution in [0.15, 0.2) is 18.2 Å². The van der Waals surface area contributed by atoms with Crippen LogP contribution in [-0.4, -0.2) is 73.8 Å². The van der Waals surface area contributed by atoms with Crippen LogP contribution in [0.2, 0.25) is 0 Å². The number of nitrogens with zero attached hydrogens (tertiary/aromatic N) is 2. The predicted octanol–water partition coefficient (Wildman–Crippen LogP) is 1.99. The highest BCUT2D eigenvalue weighted by molar-refractivity contribution is 7.91. The van der Waals surface area contributed by atoms with Gasteiger partial charge in [-0.15, -0.1) is 0 Å². The monoisotopic (exact) mass is 423 g/mol. The molecule has 29 heavy (non-hydrogen) atoms. The molecule has 1 heterocycles. The molecule has 1 aliphatic rings. The van der Waals surface area contributed by atoms with Gasteiger partial charge in [-0.2, -0.15) is 0 Å². The fourth-order valence-corrected chi connectivity index (χ4v) is 5.40. The highest BCUT2D eigenvalue weighted by atomic mass is 32.2. The lowest BCUT2D eigenvalue weighted by atomic mass is 10.1. The first kappa shape index (κ1) is 23.3. The highest BCUT2D eigenvalue weighted by Gasteiger charge is 2.36. The third kappa shape index (κ3) is 6.27. The van der Waals surface area contributed by atoms with Crippen LogP contribution in [0.5, 0.6) is 0 Å². The smallest absolute Gasteiger partial charge is 0.238 e. The molecule has 2 atom stereocenters. The van der Waals surface area contributed by atoms with E-state index < -0.39 is 9.84 Å². The second-order valence-corrected chi connectivity index (χ2v) is 10.3. The fourth-order valence-electron chi connectivity index (χ4n) is 3.69. The van der Waals surface area contributed by atoms with Gasteiger partial charge in [-0.1, -0.05) is 19.1 Å². The Morgan fingerprint density at radius 1 is 1.24 bits per heavy atom. The Bertz CT molecular complexity index is 853. The molecule has 2 amide bonds. The maximum Gasteiger partial charge on any atom is 0.238 e. The SMILES string of the molecule is CC[C@H](C)N(C(=O)CN(C)CC(=O)Nc1cccc(C)c1C)[C@@H]1CCS(=O)(=O)C1. The summed E-state index contributed by atoms with van der Waals surface area (Å²) in [5.74, 6) is -0.165. The molecule has 1 saturated heterocycles. The summed E-state index contributed by atoms with van der Waals surface area (Å²) in [6.07, 6.45) is 1.23. The molecule has 8 heteroatoms. The van der Waals surface area contributed by atoms with Crippen molar-refractivity contribution in [3.05, 3.63) is 29.3 Å². The Morgan fingerprint density at radius 3 is 2.52 bits per heavy atom. The number of carbonyl (C=O) groups excluding carboxylic acids is 2. The van der Waals surface area contributed by atoms with Gasteiger partial charge in [0.15, 0.2) is 9.84 Å². The molecule has 1 aliphatic heterocycles. The van der Waals surface area contributed by atoms with Crippen molar-refractivity contribution in [3.63, 3.8) is 0 Å². The van der Waals surface area contributed by atoms with Gasteiger partial charge in [-0.25, -0.2) is 8.42 Å². The van der Waals surface area contributed by atoms with Gasteiger partial charge in [0, 0.05) is 17.8 Å². The predicted molar refractivity (Wildman–Crippen MR) is 116 cm³/mol. The van der Waals surface area contributed by atoms with E-state index in [0.717, 1.165) is 23.2 Å². The van der Waals surface area contributed by atoms with E-state index in [9.17, 15) is 18.0 Å². The van der Waals surface area contributed by atoms with Crippen LogP contribution in [0.25, 0.3) is 0 Å². The van der Waals surface area contributed by atoms with Crippen molar-refractivity contribution in [2.75, 3.05) is 37.0 Å². The van der Waals surface area contributed by atoms with Gasteiger partial charge in [0.25, 0.3) is 0 Å². The number of hydrogen-bond donors (Lipinski definition) is 1. The summed E-state index contributed by atoms with van der Waals surface area (Å²) in [5.41, 5.74) is 2.89. The summed E-state index contributed by atoms with van der Waals surface area (Å²) in [5, 5.41) is 2.90. The van der Waals surface area contributed by atoms with Crippen LogP contribution in [-0.2, 0) is 19.4 Å². The average molecular weight is 424 g/mol. The first-order valence-corrected chi connectivity index (χ1v) is 11.9. The molecule has 0 aliphatic carbocycles. The van der Waals surface area contributed by atoms with Crippen molar-refractivity contribution in [3.8, 4) is 0 Å². The number of carbonyl (C=O) groups is 2. The van der Waals surface area contributed by atoms with E-state index in [0.29, 0.717) is 6.42 Å².